The minimum Gasteiger partial charge on any atom is -0.490 e. The van der Waals surface area contributed by atoms with Crippen LogP contribution < -0.4 is 15.8 Å². The Balaban J connectivity index is 2.16. The number of nitrogens with one attached hydrogen (secondary N) is 1. The van der Waals surface area contributed by atoms with Gasteiger partial charge in [-0.25, -0.2) is 9.37 Å². The molecule has 7 heteroatoms. The number of halogens is 2. The molecule has 0 aliphatic rings. The molecule has 5 nitrogen and oxygen atoms in total. The molecule has 0 bridgehead atoms. The molecule has 2 aromatic rings. The number of carbonyl (C=O) groups excluding carboxylic acids is 1. The minimum absolute atomic E-state index is 0.0308. The standard InChI is InChI=1S/C18H19F2N3O2/c1-3-4-5-9-25-14-8-6-7-13(15(14)19)22-18(24)12-10-11(2)16(20)23-17(12)21/h3,6-8,10H,1,4-5,9H2,2H3,(H2,21,23)(H,22,24). The Morgan fingerprint density at radius 3 is 2.92 bits per heavy atom. The van der Waals surface area contributed by atoms with Crippen molar-refractivity contribution in [1.82, 2.24) is 4.98 Å². The maximum atomic E-state index is 14.4. The number of rotatable bonds is 7. The number of unbranched alkanes of at least 4 members (excludes halogenated alkanes) is 1. The molecule has 0 unspecified atom stereocenters. The van der Waals surface area contributed by atoms with E-state index in [4.69, 9.17) is 10.5 Å². The number of allylic oxidation sites excluding steroid dienone is 1. The van der Waals surface area contributed by atoms with E-state index in [-0.39, 0.29) is 28.4 Å². The summed E-state index contributed by atoms with van der Waals surface area (Å²) in [6.07, 6.45) is 3.21. The van der Waals surface area contributed by atoms with Crippen LogP contribution in [0.15, 0.2) is 36.9 Å². The van der Waals surface area contributed by atoms with Crippen molar-refractivity contribution in [2.75, 3.05) is 17.7 Å². The lowest BCUT2D eigenvalue weighted by Crippen LogP contribution is -2.17. The van der Waals surface area contributed by atoms with Gasteiger partial charge >= 0.3 is 0 Å². The first-order valence-corrected chi connectivity index (χ1v) is 7.70. The number of pyridine rings is 1. The molecule has 0 saturated carbocycles. The molecule has 0 aliphatic heterocycles. The topological polar surface area (TPSA) is 77.2 Å². The second kappa shape index (κ2) is 8.23. The predicted octanol–water partition coefficient (Wildman–Crippen LogP) is 3.85. The molecule has 1 heterocycles. The summed E-state index contributed by atoms with van der Waals surface area (Å²) in [5, 5.41) is 2.40. The average molecular weight is 347 g/mol. The number of amides is 1. The molecule has 0 aliphatic carbocycles. The number of nitrogen functional groups attached to an aromatic ring is 1. The van der Waals surface area contributed by atoms with Gasteiger partial charge in [-0.15, -0.1) is 6.58 Å². The smallest absolute Gasteiger partial charge is 0.259 e. The molecule has 0 spiro atoms. The fourth-order valence-electron chi connectivity index (χ4n) is 2.10. The molecule has 1 aromatic carbocycles. The van der Waals surface area contributed by atoms with E-state index >= 15 is 0 Å². The highest BCUT2D eigenvalue weighted by Gasteiger charge is 2.17. The van der Waals surface area contributed by atoms with Crippen molar-refractivity contribution in [3.05, 3.63) is 59.8 Å². The van der Waals surface area contributed by atoms with Gasteiger partial charge in [0.25, 0.3) is 5.91 Å². The largest absolute Gasteiger partial charge is 0.490 e. The van der Waals surface area contributed by atoms with Crippen molar-refractivity contribution < 1.29 is 18.3 Å². The number of nitrogens with zero attached hydrogens (tertiary/aromatic N) is 1. The van der Waals surface area contributed by atoms with Crippen molar-refractivity contribution in [3.63, 3.8) is 0 Å². The third-order valence-electron chi connectivity index (χ3n) is 3.45. The van der Waals surface area contributed by atoms with Crippen LogP contribution in [0, 0.1) is 18.7 Å². The highest BCUT2D eigenvalue weighted by molar-refractivity contribution is 6.07. The predicted molar refractivity (Wildman–Crippen MR) is 92.6 cm³/mol. The van der Waals surface area contributed by atoms with Gasteiger partial charge in [-0.3, -0.25) is 4.79 Å². The zero-order chi connectivity index (χ0) is 18.4. The van der Waals surface area contributed by atoms with Crippen molar-refractivity contribution in [2.24, 2.45) is 0 Å². The molecule has 132 valence electrons. The van der Waals surface area contributed by atoms with Gasteiger partial charge in [-0.2, -0.15) is 4.39 Å². The Morgan fingerprint density at radius 1 is 1.44 bits per heavy atom. The summed E-state index contributed by atoms with van der Waals surface area (Å²) in [6.45, 7) is 5.38. The van der Waals surface area contributed by atoms with Gasteiger partial charge in [0, 0.05) is 5.56 Å². The van der Waals surface area contributed by atoms with Gasteiger partial charge < -0.3 is 15.8 Å². The van der Waals surface area contributed by atoms with Crippen LogP contribution in [0.25, 0.3) is 0 Å². The lowest BCUT2D eigenvalue weighted by atomic mass is 10.1. The third-order valence-corrected chi connectivity index (χ3v) is 3.45. The first kappa shape index (κ1) is 18.4. The van der Waals surface area contributed by atoms with Crippen LogP contribution in [-0.2, 0) is 0 Å². The Morgan fingerprint density at radius 2 is 2.20 bits per heavy atom. The number of anilines is 2. The van der Waals surface area contributed by atoms with E-state index in [9.17, 15) is 13.6 Å². The molecular formula is C18H19F2N3O2. The summed E-state index contributed by atoms with van der Waals surface area (Å²) in [5.74, 6) is -2.37. The van der Waals surface area contributed by atoms with Crippen LogP contribution in [0.5, 0.6) is 5.75 Å². The van der Waals surface area contributed by atoms with E-state index in [0.717, 1.165) is 6.42 Å². The molecule has 0 fully saturated rings. The maximum absolute atomic E-state index is 14.4. The second-order valence-corrected chi connectivity index (χ2v) is 5.38. The van der Waals surface area contributed by atoms with E-state index in [0.29, 0.717) is 13.0 Å². The summed E-state index contributed by atoms with van der Waals surface area (Å²) in [6, 6.07) is 5.68. The number of aryl methyl sites for hydroxylation is 1. The molecule has 0 saturated heterocycles. The molecule has 1 amide bonds. The van der Waals surface area contributed by atoms with Gasteiger partial charge in [-0.1, -0.05) is 12.1 Å². The van der Waals surface area contributed by atoms with Gasteiger partial charge in [0.05, 0.1) is 17.9 Å². The second-order valence-electron chi connectivity index (χ2n) is 5.38. The molecule has 2 rings (SSSR count). The maximum Gasteiger partial charge on any atom is 0.259 e. The van der Waals surface area contributed by atoms with E-state index in [1.54, 1.807) is 12.1 Å². The number of nitrogens with two attached hydrogens (primary N) is 1. The van der Waals surface area contributed by atoms with Crippen LogP contribution in [0.2, 0.25) is 0 Å². The van der Waals surface area contributed by atoms with E-state index in [1.165, 1.54) is 25.1 Å². The fourth-order valence-corrected chi connectivity index (χ4v) is 2.10. The normalized spacial score (nSPS) is 10.4. The third kappa shape index (κ3) is 4.53. The summed E-state index contributed by atoms with van der Waals surface area (Å²) >= 11 is 0. The fraction of sp³-hybridized carbons (Fsp3) is 0.222. The molecule has 3 N–H and O–H groups in total. The highest BCUT2D eigenvalue weighted by Crippen LogP contribution is 2.26. The number of benzene rings is 1. The number of carbonyl (C=O) groups is 1. The van der Waals surface area contributed by atoms with Crippen LogP contribution in [0.4, 0.5) is 20.3 Å². The lowest BCUT2D eigenvalue weighted by molar-refractivity contribution is 0.102. The van der Waals surface area contributed by atoms with Crippen molar-refractivity contribution in [3.8, 4) is 5.75 Å². The Bertz CT molecular complexity index is 794. The van der Waals surface area contributed by atoms with E-state index in [1.807, 2.05) is 0 Å². The van der Waals surface area contributed by atoms with E-state index in [2.05, 4.69) is 16.9 Å². The van der Waals surface area contributed by atoms with Crippen LogP contribution >= 0.6 is 0 Å². The van der Waals surface area contributed by atoms with E-state index < -0.39 is 17.7 Å². The zero-order valence-electron chi connectivity index (χ0n) is 13.8. The molecule has 1 aromatic heterocycles. The Hall–Kier alpha value is -2.96. The SMILES string of the molecule is C=CCCCOc1cccc(NC(=O)c2cc(C)c(F)nc2N)c1F. The first-order chi connectivity index (χ1) is 11.9. The first-order valence-electron chi connectivity index (χ1n) is 7.70. The van der Waals surface area contributed by atoms with Crippen LogP contribution in [-0.4, -0.2) is 17.5 Å². The zero-order valence-corrected chi connectivity index (χ0v) is 13.8. The Kier molecular flexibility index (Phi) is 6.05. The van der Waals surface area contributed by atoms with Gasteiger partial charge in [0.2, 0.25) is 5.95 Å². The summed E-state index contributed by atoms with van der Waals surface area (Å²) < 4.78 is 33.1. The quantitative estimate of drug-likeness (QED) is 0.453. The summed E-state index contributed by atoms with van der Waals surface area (Å²) in [5.41, 5.74) is 5.64. The number of hydrogen-bond donors (Lipinski definition) is 2. The number of aromatic nitrogens is 1. The lowest BCUT2D eigenvalue weighted by Gasteiger charge is -2.12. The van der Waals surface area contributed by atoms with Gasteiger partial charge in [-0.05, 0) is 38.0 Å². The molecule has 25 heavy (non-hydrogen) atoms. The van der Waals surface area contributed by atoms with Gasteiger partial charge in [0.1, 0.15) is 5.82 Å². The van der Waals surface area contributed by atoms with Crippen LogP contribution in [0.1, 0.15) is 28.8 Å². The number of hydrogen-bond acceptors (Lipinski definition) is 4. The summed E-state index contributed by atoms with van der Waals surface area (Å²) in [7, 11) is 0. The van der Waals surface area contributed by atoms with Crippen molar-refractivity contribution in [2.45, 2.75) is 19.8 Å². The number of ether oxygens (including phenoxy) is 1. The average Bonchev–Trinajstić information content (AvgIpc) is 2.58. The van der Waals surface area contributed by atoms with Crippen molar-refractivity contribution >= 4 is 17.4 Å². The van der Waals surface area contributed by atoms with Gasteiger partial charge in [0.15, 0.2) is 11.6 Å². The molecule has 0 radical (unpaired) electrons. The molecular weight excluding hydrogens is 328 g/mol. The Labute approximate surface area is 144 Å². The minimum atomic E-state index is -0.754. The van der Waals surface area contributed by atoms with Crippen LogP contribution in [0.3, 0.4) is 0 Å². The highest BCUT2D eigenvalue weighted by atomic mass is 19.1. The summed E-state index contributed by atoms with van der Waals surface area (Å²) in [4.78, 5) is 15.7. The van der Waals surface area contributed by atoms with Crippen molar-refractivity contribution in [1.29, 1.82) is 0 Å². The monoisotopic (exact) mass is 347 g/mol. The molecule has 0 atom stereocenters.